The van der Waals surface area contributed by atoms with Crippen LogP contribution in [0, 0.1) is 5.92 Å². The molecule has 0 radical (unpaired) electrons. The second-order valence-electron chi connectivity index (χ2n) is 9.45. The summed E-state index contributed by atoms with van der Waals surface area (Å²) in [5, 5.41) is 0.851. The van der Waals surface area contributed by atoms with Crippen molar-refractivity contribution in [3.8, 4) is 22.6 Å². The molecule has 1 fully saturated rings. The van der Waals surface area contributed by atoms with Crippen molar-refractivity contribution in [3.05, 3.63) is 67.1 Å². The molecular weight excluding hydrogens is 476 g/mol. The van der Waals surface area contributed by atoms with E-state index < -0.39 is 10.1 Å². The third-order valence-electron chi connectivity index (χ3n) is 7.01. The van der Waals surface area contributed by atoms with E-state index in [1.807, 2.05) is 54.6 Å². The summed E-state index contributed by atoms with van der Waals surface area (Å²) < 4.78 is 39.2. The Morgan fingerprint density at radius 1 is 0.972 bits per heavy atom. The van der Waals surface area contributed by atoms with Crippen LogP contribution in [-0.4, -0.2) is 33.3 Å². The smallest absolute Gasteiger partial charge is 0.264 e. The van der Waals surface area contributed by atoms with Crippen molar-refractivity contribution in [2.24, 2.45) is 5.92 Å². The summed E-state index contributed by atoms with van der Waals surface area (Å²) in [5.41, 5.74) is 9.16. The molecule has 8 nitrogen and oxygen atoms in total. The lowest BCUT2D eigenvalue weighted by Gasteiger charge is -2.29. The largest absolute Gasteiger partial charge is 0.457 e. The van der Waals surface area contributed by atoms with Gasteiger partial charge in [0.25, 0.3) is 10.1 Å². The van der Waals surface area contributed by atoms with Gasteiger partial charge in [-0.3, -0.25) is 4.55 Å². The molecule has 0 spiro atoms. The van der Waals surface area contributed by atoms with Crippen molar-refractivity contribution in [2.45, 2.75) is 44.6 Å². The predicted octanol–water partition coefficient (Wildman–Crippen LogP) is 5.87. The van der Waals surface area contributed by atoms with Gasteiger partial charge < -0.3 is 15.0 Å². The number of fused-ring (bicyclic) bond motifs is 1. The van der Waals surface area contributed by atoms with Gasteiger partial charge in [-0.15, -0.1) is 0 Å². The van der Waals surface area contributed by atoms with E-state index in [0.717, 1.165) is 65.8 Å². The minimum absolute atomic E-state index is 0.163. The van der Waals surface area contributed by atoms with Crippen LogP contribution in [0.2, 0.25) is 0 Å². The minimum atomic E-state index is -3.89. The molecule has 188 valence electrons. The summed E-state index contributed by atoms with van der Waals surface area (Å²) >= 11 is 0. The van der Waals surface area contributed by atoms with E-state index in [0.29, 0.717) is 18.2 Å². The van der Waals surface area contributed by atoms with Crippen molar-refractivity contribution >= 4 is 27.0 Å². The maximum Gasteiger partial charge on any atom is 0.264 e. The molecule has 2 aromatic carbocycles. The molecule has 9 heteroatoms. The molecule has 2 aromatic heterocycles. The average Bonchev–Trinajstić information content (AvgIpc) is 3.26. The first-order valence-electron chi connectivity index (χ1n) is 12.3. The van der Waals surface area contributed by atoms with Crippen molar-refractivity contribution in [1.82, 2.24) is 14.5 Å². The van der Waals surface area contributed by atoms with E-state index in [1.54, 1.807) is 0 Å². The van der Waals surface area contributed by atoms with Crippen LogP contribution in [0.4, 0.5) is 5.82 Å². The second-order valence-corrected chi connectivity index (χ2v) is 11.0. The van der Waals surface area contributed by atoms with Gasteiger partial charge in [-0.25, -0.2) is 9.97 Å². The maximum atomic E-state index is 11.0. The average molecular weight is 507 g/mol. The van der Waals surface area contributed by atoms with E-state index in [-0.39, 0.29) is 11.8 Å². The fourth-order valence-electron chi connectivity index (χ4n) is 5.20. The van der Waals surface area contributed by atoms with Gasteiger partial charge in [-0.05, 0) is 74.3 Å². The highest BCUT2D eigenvalue weighted by Crippen LogP contribution is 2.40. The van der Waals surface area contributed by atoms with Crippen molar-refractivity contribution in [1.29, 1.82) is 0 Å². The highest BCUT2D eigenvalue weighted by molar-refractivity contribution is 7.85. The summed E-state index contributed by atoms with van der Waals surface area (Å²) in [7, 11) is -3.89. The Morgan fingerprint density at radius 3 is 2.36 bits per heavy atom. The third kappa shape index (κ3) is 5.52. The zero-order valence-electron chi connectivity index (χ0n) is 20.0. The van der Waals surface area contributed by atoms with Gasteiger partial charge in [0.1, 0.15) is 29.3 Å². The number of benzene rings is 2. The van der Waals surface area contributed by atoms with Crippen molar-refractivity contribution in [3.63, 3.8) is 0 Å². The molecule has 1 aliphatic rings. The number of para-hydroxylation sites is 1. The Morgan fingerprint density at radius 2 is 1.67 bits per heavy atom. The Kier molecular flexibility index (Phi) is 6.93. The van der Waals surface area contributed by atoms with Crippen molar-refractivity contribution < 1.29 is 17.7 Å². The first-order chi connectivity index (χ1) is 17.4. The molecule has 36 heavy (non-hydrogen) atoms. The normalized spacial score (nSPS) is 18.4. The molecule has 0 aliphatic heterocycles. The van der Waals surface area contributed by atoms with Crippen LogP contribution in [0.25, 0.3) is 22.2 Å². The number of aromatic nitrogens is 3. The summed E-state index contributed by atoms with van der Waals surface area (Å²) in [6, 6.07) is 17.9. The van der Waals surface area contributed by atoms with Crippen LogP contribution in [0.3, 0.4) is 0 Å². The minimum Gasteiger partial charge on any atom is -0.457 e. The Hall–Kier alpha value is -3.43. The highest BCUT2D eigenvalue weighted by Gasteiger charge is 2.26. The summed E-state index contributed by atoms with van der Waals surface area (Å²) in [6.07, 6.45) is 8.94. The van der Waals surface area contributed by atoms with Crippen LogP contribution in [0.5, 0.6) is 11.5 Å². The molecule has 0 bridgehead atoms. The van der Waals surface area contributed by atoms with E-state index in [2.05, 4.69) is 20.7 Å². The molecule has 5 rings (SSSR count). The number of rotatable bonds is 8. The Labute approximate surface area is 210 Å². The van der Waals surface area contributed by atoms with Gasteiger partial charge in [0, 0.05) is 17.8 Å². The van der Waals surface area contributed by atoms with Gasteiger partial charge in [0.15, 0.2) is 0 Å². The molecule has 1 aliphatic carbocycles. The Bertz CT molecular complexity index is 1430. The third-order valence-corrected chi connectivity index (χ3v) is 7.81. The SMILES string of the molecule is Nc1ncnc2c1c(-c1ccc(Oc3ccccc3)cc1)cn2C1CCC(CCCS(=O)(=O)O)CC1. The lowest BCUT2D eigenvalue weighted by molar-refractivity contribution is 0.266. The van der Waals surface area contributed by atoms with E-state index in [4.69, 9.17) is 15.0 Å². The van der Waals surface area contributed by atoms with Gasteiger partial charge in [0.2, 0.25) is 0 Å². The quantitative estimate of drug-likeness (QED) is 0.287. The summed E-state index contributed by atoms with van der Waals surface area (Å²) in [6.45, 7) is 0. The van der Waals surface area contributed by atoms with E-state index >= 15 is 0 Å². The van der Waals surface area contributed by atoms with Gasteiger partial charge >= 0.3 is 0 Å². The first kappa shape index (κ1) is 24.3. The molecule has 3 N–H and O–H groups in total. The topological polar surface area (TPSA) is 120 Å². The monoisotopic (exact) mass is 506 g/mol. The standard InChI is InChI=1S/C27H30N4O4S/c28-26-25-24(20-10-14-23(15-11-20)35-22-6-2-1-3-7-22)17-31(27(25)30-18-29-26)21-12-8-19(9-13-21)5-4-16-36(32,33)34/h1-3,6-7,10-11,14-15,17-19,21H,4-5,8-9,12-13,16H2,(H2,28,29,30)(H,32,33,34). The Balaban J connectivity index is 1.35. The fourth-order valence-corrected chi connectivity index (χ4v) is 5.73. The second kappa shape index (κ2) is 10.3. The summed E-state index contributed by atoms with van der Waals surface area (Å²) in [4.78, 5) is 8.84. The number of nitrogen functional groups attached to an aromatic ring is 1. The van der Waals surface area contributed by atoms with Crippen LogP contribution < -0.4 is 10.5 Å². The maximum absolute atomic E-state index is 11.0. The van der Waals surface area contributed by atoms with E-state index in [1.165, 1.54) is 6.33 Å². The first-order valence-corrected chi connectivity index (χ1v) is 13.9. The van der Waals surface area contributed by atoms with Crippen molar-refractivity contribution in [2.75, 3.05) is 11.5 Å². The van der Waals surface area contributed by atoms with Gasteiger partial charge in [-0.1, -0.05) is 30.3 Å². The van der Waals surface area contributed by atoms with Crippen LogP contribution in [-0.2, 0) is 10.1 Å². The molecule has 0 saturated heterocycles. The number of hydrogen-bond acceptors (Lipinski definition) is 6. The molecule has 1 saturated carbocycles. The van der Waals surface area contributed by atoms with E-state index in [9.17, 15) is 8.42 Å². The molecule has 0 unspecified atom stereocenters. The summed E-state index contributed by atoms with van der Waals surface area (Å²) in [5.74, 6) is 2.31. The zero-order valence-corrected chi connectivity index (χ0v) is 20.8. The van der Waals surface area contributed by atoms with Crippen LogP contribution >= 0.6 is 0 Å². The van der Waals surface area contributed by atoms with Gasteiger partial charge in [0.05, 0.1) is 11.1 Å². The lowest BCUT2D eigenvalue weighted by atomic mass is 9.83. The molecule has 2 heterocycles. The fraction of sp³-hybridized carbons (Fsp3) is 0.333. The van der Waals surface area contributed by atoms with Crippen LogP contribution in [0.15, 0.2) is 67.1 Å². The van der Waals surface area contributed by atoms with Crippen LogP contribution in [0.1, 0.15) is 44.6 Å². The number of hydrogen-bond donors (Lipinski definition) is 2. The predicted molar refractivity (Wildman–Crippen MR) is 141 cm³/mol. The molecule has 4 aromatic rings. The zero-order chi connectivity index (χ0) is 25.1. The lowest BCUT2D eigenvalue weighted by Crippen LogP contribution is -2.18. The number of nitrogens with two attached hydrogens (primary N) is 1. The highest BCUT2D eigenvalue weighted by atomic mass is 32.2. The van der Waals surface area contributed by atoms with Gasteiger partial charge in [-0.2, -0.15) is 8.42 Å². The number of ether oxygens (including phenoxy) is 1. The molecule has 0 atom stereocenters. The molecule has 0 amide bonds. The molecular formula is C27H30N4O4S. The number of anilines is 1. The number of nitrogens with zero attached hydrogens (tertiary/aromatic N) is 3.